The van der Waals surface area contributed by atoms with Gasteiger partial charge in [0.1, 0.15) is 5.37 Å². The maximum Gasteiger partial charge on any atom is 0.228 e. The van der Waals surface area contributed by atoms with Gasteiger partial charge in [-0.3, -0.25) is 4.79 Å². The molecule has 5 nitrogen and oxygen atoms in total. The average molecular weight is 306 g/mol. The van der Waals surface area contributed by atoms with Crippen molar-refractivity contribution in [3.8, 4) is 0 Å². The first-order valence-corrected chi connectivity index (χ1v) is 9.65. The van der Waals surface area contributed by atoms with Gasteiger partial charge in [0.2, 0.25) is 5.91 Å². The second kappa shape index (κ2) is 6.01. The van der Waals surface area contributed by atoms with E-state index < -0.39 is 15.2 Å². The van der Waals surface area contributed by atoms with Gasteiger partial charge >= 0.3 is 0 Å². The zero-order chi connectivity index (χ0) is 14.0. The van der Waals surface area contributed by atoms with Crippen LogP contribution in [-0.4, -0.2) is 61.5 Å². The fraction of sp³-hybridized carbons (Fsp3) is 0.917. The molecule has 110 valence electrons. The normalized spacial score (nSPS) is 32.5. The summed E-state index contributed by atoms with van der Waals surface area (Å²) in [6, 6.07) is 0. The van der Waals surface area contributed by atoms with Crippen molar-refractivity contribution in [1.82, 2.24) is 10.2 Å². The molecule has 0 radical (unpaired) electrons. The Bertz CT molecular complexity index is 438. The van der Waals surface area contributed by atoms with Crippen LogP contribution in [0.2, 0.25) is 0 Å². The molecule has 3 atom stereocenters. The highest BCUT2D eigenvalue weighted by Crippen LogP contribution is 2.26. The predicted molar refractivity (Wildman–Crippen MR) is 77.8 cm³/mol. The van der Waals surface area contributed by atoms with Gasteiger partial charge in [-0.1, -0.05) is 13.8 Å². The van der Waals surface area contributed by atoms with Gasteiger partial charge in [0.15, 0.2) is 9.84 Å². The van der Waals surface area contributed by atoms with Crippen molar-refractivity contribution in [1.29, 1.82) is 0 Å². The molecular weight excluding hydrogens is 284 g/mol. The van der Waals surface area contributed by atoms with Gasteiger partial charge < -0.3 is 10.2 Å². The summed E-state index contributed by atoms with van der Waals surface area (Å²) in [5.41, 5.74) is 0. The zero-order valence-corrected chi connectivity index (χ0v) is 13.1. The van der Waals surface area contributed by atoms with Crippen LogP contribution in [0.25, 0.3) is 0 Å². The van der Waals surface area contributed by atoms with Crippen molar-refractivity contribution >= 4 is 27.5 Å². The quantitative estimate of drug-likeness (QED) is 0.805. The summed E-state index contributed by atoms with van der Waals surface area (Å²) in [5.74, 6) is 1.66. The number of hydrogen-bond acceptors (Lipinski definition) is 5. The highest BCUT2D eigenvalue weighted by Gasteiger charge is 2.40. The number of sulfone groups is 1. The summed E-state index contributed by atoms with van der Waals surface area (Å²) >= 11 is 1.62. The van der Waals surface area contributed by atoms with Crippen LogP contribution in [0.5, 0.6) is 0 Å². The molecular formula is C12H22N2O3S2. The second-order valence-corrected chi connectivity index (χ2v) is 8.85. The summed E-state index contributed by atoms with van der Waals surface area (Å²) in [6.07, 6.45) is 0. The molecule has 2 aliphatic rings. The largest absolute Gasteiger partial charge is 0.324 e. The third-order valence-corrected chi connectivity index (χ3v) is 7.31. The Morgan fingerprint density at radius 2 is 2.16 bits per heavy atom. The maximum atomic E-state index is 12.6. The minimum Gasteiger partial charge on any atom is -0.324 e. The van der Waals surface area contributed by atoms with E-state index in [1.54, 1.807) is 23.6 Å². The lowest BCUT2D eigenvalue weighted by molar-refractivity contribution is -0.136. The molecule has 0 bridgehead atoms. The van der Waals surface area contributed by atoms with Crippen molar-refractivity contribution in [2.24, 2.45) is 11.8 Å². The van der Waals surface area contributed by atoms with E-state index in [1.165, 1.54) is 0 Å². The lowest BCUT2D eigenvalue weighted by Gasteiger charge is -2.36. The lowest BCUT2D eigenvalue weighted by Crippen LogP contribution is -2.53. The van der Waals surface area contributed by atoms with Gasteiger partial charge in [0.05, 0.1) is 5.92 Å². The molecule has 1 N–H and O–H groups in total. The Morgan fingerprint density at radius 1 is 1.42 bits per heavy atom. The topological polar surface area (TPSA) is 66.5 Å². The van der Waals surface area contributed by atoms with E-state index in [9.17, 15) is 13.2 Å². The number of thioether (sulfide) groups is 1. The summed E-state index contributed by atoms with van der Waals surface area (Å²) in [6.45, 7) is 5.75. The van der Waals surface area contributed by atoms with E-state index in [0.29, 0.717) is 18.8 Å². The van der Waals surface area contributed by atoms with Crippen LogP contribution in [0.1, 0.15) is 13.8 Å². The number of nitrogens with zero attached hydrogens (tertiary/aromatic N) is 1. The number of amides is 1. The predicted octanol–water partition coefficient (Wildman–Crippen LogP) is 0.178. The van der Waals surface area contributed by atoms with Crippen LogP contribution in [0.4, 0.5) is 0 Å². The molecule has 19 heavy (non-hydrogen) atoms. The van der Waals surface area contributed by atoms with Crippen LogP contribution in [0.15, 0.2) is 0 Å². The summed E-state index contributed by atoms with van der Waals surface area (Å²) in [7, 11) is -3.20. The van der Waals surface area contributed by atoms with Crippen LogP contribution >= 0.6 is 11.8 Å². The minimum absolute atomic E-state index is 0.0137. The highest BCUT2D eigenvalue weighted by molar-refractivity contribution is 8.01. The number of carbonyl (C=O) groups is 1. The molecule has 7 heteroatoms. The average Bonchev–Trinajstić information content (AvgIpc) is 2.84. The van der Waals surface area contributed by atoms with Gasteiger partial charge in [-0.15, -0.1) is 0 Å². The van der Waals surface area contributed by atoms with Gasteiger partial charge in [-0.25, -0.2) is 8.42 Å². The molecule has 1 amide bonds. The van der Waals surface area contributed by atoms with Gasteiger partial charge in [0, 0.05) is 30.3 Å². The van der Waals surface area contributed by atoms with E-state index in [1.807, 2.05) is 6.92 Å². The molecule has 0 aromatic heterocycles. The van der Waals surface area contributed by atoms with Crippen molar-refractivity contribution in [2.45, 2.75) is 19.2 Å². The van der Waals surface area contributed by atoms with E-state index in [2.05, 4.69) is 5.32 Å². The molecule has 0 aromatic rings. The number of carbonyl (C=O) groups excluding carboxylic acids is 1. The molecule has 0 aromatic carbocycles. The van der Waals surface area contributed by atoms with E-state index in [-0.39, 0.29) is 23.5 Å². The molecule has 2 fully saturated rings. The molecule has 2 aliphatic heterocycles. The first-order chi connectivity index (χ1) is 8.97. The Morgan fingerprint density at radius 3 is 2.74 bits per heavy atom. The van der Waals surface area contributed by atoms with Crippen LogP contribution in [-0.2, 0) is 14.6 Å². The van der Waals surface area contributed by atoms with Crippen molar-refractivity contribution < 1.29 is 13.2 Å². The standard InChI is InChI=1S/C12H22N2O3S2/c1-3-19(16,17)11-8-18-5-4-14(11)12(15)10-7-13-6-9(10)2/h9-11,13H,3-8H2,1-2H3. The molecule has 3 unspecified atom stereocenters. The number of nitrogens with one attached hydrogen (secondary N) is 1. The van der Waals surface area contributed by atoms with Gasteiger partial charge in [0.25, 0.3) is 0 Å². The third-order valence-electron chi connectivity index (χ3n) is 4.02. The minimum atomic E-state index is -3.20. The molecule has 0 aliphatic carbocycles. The van der Waals surface area contributed by atoms with Gasteiger partial charge in [-0.2, -0.15) is 11.8 Å². The lowest BCUT2D eigenvalue weighted by atomic mass is 9.96. The second-order valence-electron chi connectivity index (χ2n) is 5.25. The van der Waals surface area contributed by atoms with Crippen molar-refractivity contribution in [3.63, 3.8) is 0 Å². The highest BCUT2D eigenvalue weighted by atomic mass is 32.2. The maximum absolute atomic E-state index is 12.6. The van der Waals surface area contributed by atoms with E-state index in [4.69, 9.17) is 0 Å². The molecule has 0 spiro atoms. The Kier molecular flexibility index (Phi) is 4.79. The zero-order valence-electron chi connectivity index (χ0n) is 11.5. The molecule has 2 heterocycles. The fourth-order valence-corrected chi connectivity index (χ4v) is 5.65. The Hall–Kier alpha value is -0.270. The molecule has 0 saturated carbocycles. The van der Waals surface area contributed by atoms with Crippen molar-refractivity contribution in [3.05, 3.63) is 0 Å². The number of hydrogen-bond donors (Lipinski definition) is 1. The number of rotatable bonds is 3. The van der Waals surface area contributed by atoms with Crippen LogP contribution in [0, 0.1) is 11.8 Å². The van der Waals surface area contributed by atoms with Crippen LogP contribution < -0.4 is 5.32 Å². The monoisotopic (exact) mass is 306 g/mol. The molecule has 2 rings (SSSR count). The Balaban J connectivity index is 2.18. The fourth-order valence-electron chi connectivity index (χ4n) is 2.68. The van der Waals surface area contributed by atoms with E-state index >= 15 is 0 Å². The first-order valence-electron chi connectivity index (χ1n) is 6.78. The first kappa shape index (κ1) is 15.1. The van der Waals surface area contributed by atoms with E-state index in [0.717, 1.165) is 12.3 Å². The van der Waals surface area contributed by atoms with Gasteiger partial charge in [-0.05, 0) is 12.5 Å². The SMILES string of the molecule is CCS(=O)(=O)C1CSCCN1C(=O)C1CNCC1C. The summed E-state index contributed by atoms with van der Waals surface area (Å²) < 4.78 is 24.3. The summed E-state index contributed by atoms with van der Waals surface area (Å²) in [5, 5.41) is 2.58. The summed E-state index contributed by atoms with van der Waals surface area (Å²) in [4.78, 5) is 14.2. The smallest absolute Gasteiger partial charge is 0.228 e. The Labute approximate surface area is 119 Å². The van der Waals surface area contributed by atoms with Crippen molar-refractivity contribution in [2.75, 3.05) is 36.9 Å². The van der Waals surface area contributed by atoms with Crippen LogP contribution in [0.3, 0.4) is 0 Å². The molecule has 2 saturated heterocycles. The third kappa shape index (κ3) is 3.08.